The maximum atomic E-state index is 2.56. The summed E-state index contributed by atoms with van der Waals surface area (Å²) >= 11 is 0. The molecule has 0 heterocycles. The van der Waals surface area contributed by atoms with E-state index in [-0.39, 0.29) is 5.41 Å². The highest BCUT2D eigenvalue weighted by molar-refractivity contribution is 5.91. The molecular weight excluding hydrogens is 372 g/mol. The number of benzene rings is 3. The average Bonchev–Trinajstić information content (AvgIpc) is 3.14. The molecule has 0 heteroatoms. The molecule has 0 bridgehead atoms. The number of rotatable bonds is 5. The molecule has 0 saturated heterocycles. The number of fused-ring (bicyclic) bond motifs is 2. The van der Waals surface area contributed by atoms with Crippen LogP contribution in [0, 0.1) is 6.92 Å². The van der Waals surface area contributed by atoms with E-state index in [1.165, 1.54) is 62.3 Å². The van der Waals surface area contributed by atoms with Crippen LogP contribution in [-0.4, -0.2) is 0 Å². The van der Waals surface area contributed by atoms with E-state index in [2.05, 4.69) is 112 Å². The Bertz CT molecular complexity index is 1300. The molecule has 31 heavy (non-hydrogen) atoms. The molecule has 0 spiro atoms. The number of unbranched alkanes of at least 4 members (excludes halogenated alkanes) is 1. The Labute approximate surface area is 186 Å². The molecule has 0 N–H and O–H groups in total. The fraction of sp³-hybridized carbons (Fsp3) is 0.226. The number of aryl methyl sites for hydroxylation is 1. The highest BCUT2D eigenvalue weighted by atomic mass is 14.4. The van der Waals surface area contributed by atoms with Crippen LogP contribution >= 0.6 is 0 Å². The third-order valence-corrected chi connectivity index (χ3v) is 7.07. The summed E-state index contributed by atoms with van der Waals surface area (Å²) in [5.41, 5.74) is 9.58. The Hall–Kier alpha value is -3.12. The summed E-state index contributed by atoms with van der Waals surface area (Å²) in [6.45, 7) is 6.85. The van der Waals surface area contributed by atoms with Crippen LogP contribution in [0.1, 0.15) is 44.2 Å². The van der Waals surface area contributed by atoms with E-state index in [0.29, 0.717) is 0 Å². The van der Waals surface area contributed by atoms with E-state index in [0.717, 1.165) is 6.42 Å². The van der Waals surface area contributed by atoms with Crippen LogP contribution < -0.4 is 10.4 Å². The maximum absolute atomic E-state index is 2.56. The molecule has 0 radical (unpaired) electrons. The highest BCUT2D eigenvalue weighted by Crippen LogP contribution is 2.45. The Morgan fingerprint density at radius 1 is 0.806 bits per heavy atom. The average molecular weight is 403 g/mol. The van der Waals surface area contributed by atoms with Crippen LogP contribution in [0.15, 0.2) is 96.1 Å². The van der Waals surface area contributed by atoms with E-state index in [4.69, 9.17) is 0 Å². The minimum absolute atomic E-state index is 0.00799. The minimum atomic E-state index is -0.00799. The quantitative estimate of drug-likeness (QED) is 0.450. The molecule has 0 fully saturated rings. The normalized spacial score (nSPS) is 19.3. The summed E-state index contributed by atoms with van der Waals surface area (Å²) < 4.78 is 0. The van der Waals surface area contributed by atoms with Gasteiger partial charge in [-0.15, -0.1) is 0 Å². The number of hydrogen-bond donors (Lipinski definition) is 0. The molecule has 1 atom stereocenters. The van der Waals surface area contributed by atoms with Gasteiger partial charge in [-0.05, 0) is 76.2 Å². The molecule has 0 saturated carbocycles. The van der Waals surface area contributed by atoms with Gasteiger partial charge in [-0.25, -0.2) is 0 Å². The van der Waals surface area contributed by atoms with Crippen molar-refractivity contribution in [2.45, 2.75) is 45.4 Å². The molecule has 2 aliphatic rings. The monoisotopic (exact) mass is 402 g/mol. The summed E-state index contributed by atoms with van der Waals surface area (Å²) in [4.78, 5) is 0. The lowest BCUT2D eigenvalue weighted by atomic mass is 9.67. The molecule has 0 amide bonds. The molecule has 0 nitrogen and oxygen atoms in total. The Morgan fingerprint density at radius 2 is 1.52 bits per heavy atom. The lowest BCUT2D eigenvalue weighted by molar-refractivity contribution is 0.531. The van der Waals surface area contributed by atoms with E-state index in [1.807, 2.05) is 0 Å². The van der Waals surface area contributed by atoms with Crippen LogP contribution in [0.5, 0.6) is 0 Å². The predicted octanol–water partition coefficient (Wildman–Crippen LogP) is 6.62. The maximum Gasteiger partial charge on any atom is 0.0350 e. The molecule has 1 unspecified atom stereocenters. The van der Waals surface area contributed by atoms with Gasteiger partial charge in [-0.1, -0.05) is 104 Å². The highest BCUT2D eigenvalue weighted by Gasteiger charge is 2.35. The first kappa shape index (κ1) is 19.8. The Kier molecular flexibility index (Phi) is 5.02. The van der Waals surface area contributed by atoms with E-state index in [9.17, 15) is 0 Å². The summed E-state index contributed by atoms with van der Waals surface area (Å²) in [5, 5.41) is 2.72. The number of allylic oxidation sites excluding steroid dienone is 4. The van der Waals surface area contributed by atoms with Gasteiger partial charge in [-0.3, -0.25) is 0 Å². The van der Waals surface area contributed by atoms with E-state index in [1.54, 1.807) is 0 Å². The van der Waals surface area contributed by atoms with Gasteiger partial charge in [0.05, 0.1) is 0 Å². The van der Waals surface area contributed by atoms with Crippen molar-refractivity contribution < 1.29 is 0 Å². The molecular formula is C31H30. The first-order valence-electron chi connectivity index (χ1n) is 11.5. The van der Waals surface area contributed by atoms with Gasteiger partial charge in [0.1, 0.15) is 0 Å². The van der Waals surface area contributed by atoms with Crippen molar-refractivity contribution in [3.05, 3.63) is 118 Å². The Balaban J connectivity index is 1.70. The predicted molar refractivity (Wildman–Crippen MR) is 133 cm³/mol. The van der Waals surface area contributed by atoms with Gasteiger partial charge in [-0.2, -0.15) is 0 Å². The summed E-state index contributed by atoms with van der Waals surface area (Å²) in [7, 11) is 0. The third kappa shape index (κ3) is 3.31. The first-order valence-corrected chi connectivity index (χ1v) is 11.5. The number of hydrogen-bond acceptors (Lipinski definition) is 0. The summed E-state index contributed by atoms with van der Waals surface area (Å²) in [6.07, 6.45) is 11.0. The van der Waals surface area contributed by atoms with Gasteiger partial charge < -0.3 is 0 Å². The van der Waals surface area contributed by atoms with Crippen molar-refractivity contribution in [3.63, 3.8) is 0 Å². The molecule has 3 aromatic rings. The van der Waals surface area contributed by atoms with Gasteiger partial charge in [0, 0.05) is 5.41 Å². The lowest BCUT2D eigenvalue weighted by Gasteiger charge is -2.36. The van der Waals surface area contributed by atoms with Crippen molar-refractivity contribution in [1.29, 1.82) is 0 Å². The fourth-order valence-corrected chi connectivity index (χ4v) is 5.33. The van der Waals surface area contributed by atoms with E-state index < -0.39 is 0 Å². The van der Waals surface area contributed by atoms with Crippen LogP contribution in [0.2, 0.25) is 0 Å². The fourth-order valence-electron chi connectivity index (χ4n) is 5.33. The van der Waals surface area contributed by atoms with Gasteiger partial charge in [0.25, 0.3) is 0 Å². The molecule has 0 aliphatic heterocycles. The molecule has 0 aromatic heterocycles. The molecule has 3 aromatic carbocycles. The lowest BCUT2D eigenvalue weighted by Crippen LogP contribution is -2.29. The van der Waals surface area contributed by atoms with Crippen molar-refractivity contribution in [1.82, 2.24) is 0 Å². The second kappa shape index (κ2) is 7.85. The molecule has 2 aliphatic carbocycles. The zero-order valence-corrected chi connectivity index (χ0v) is 18.8. The van der Waals surface area contributed by atoms with Crippen LogP contribution in [0.4, 0.5) is 0 Å². The minimum Gasteiger partial charge on any atom is -0.0654 e. The second-order valence-corrected chi connectivity index (χ2v) is 9.05. The Morgan fingerprint density at radius 3 is 2.23 bits per heavy atom. The van der Waals surface area contributed by atoms with Gasteiger partial charge >= 0.3 is 0 Å². The topological polar surface area (TPSA) is 0 Å². The van der Waals surface area contributed by atoms with Crippen LogP contribution in [0.3, 0.4) is 0 Å². The van der Waals surface area contributed by atoms with Gasteiger partial charge in [0.2, 0.25) is 0 Å². The van der Waals surface area contributed by atoms with Crippen LogP contribution in [-0.2, 0) is 5.41 Å². The van der Waals surface area contributed by atoms with E-state index >= 15 is 0 Å². The largest absolute Gasteiger partial charge is 0.0654 e. The first-order chi connectivity index (χ1) is 15.1. The second-order valence-electron chi connectivity index (χ2n) is 9.05. The zero-order valence-electron chi connectivity index (χ0n) is 18.8. The molecule has 5 rings (SSSR count). The van der Waals surface area contributed by atoms with Crippen molar-refractivity contribution in [2.24, 2.45) is 0 Å². The van der Waals surface area contributed by atoms with Crippen LogP contribution in [0.25, 0.3) is 22.8 Å². The SMILES string of the molecule is CCCCC1(c2ccccc2)C=C2C=c3cc(-c4ccccc4)c(C)cc3=C2C=C1C. The molecule has 154 valence electrons. The summed E-state index contributed by atoms with van der Waals surface area (Å²) in [5.74, 6) is 0. The zero-order chi connectivity index (χ0) is 21.4. The summed E-state index contributed by atoms with van der Waals surface area (Å²) in [6, 6.07) is 26.6. The van der Waals surface area contributed by atoms with Gasteiger partial charge in [0.15, 0.2) is 0 Å². The third-order valence-electron chi connectivity index (χ3n) is 7.07. The van der Waals surface area contributed by atoms with Crippen molar-refractivity contribution >= 4 is 11.6 Å². The standard InChI is InChI=1S/C31H30/c1-4-5-16-31(27-14-10-7-11-15-27)21-26-19-25-20-28(24-12-8-6-9-13-24)22(2)17-29(25)30(26)18-23(31)3/h6-15,17-21H,4-5,16H2,1-3H3. The smallest absolute Gasteiger partial charge is 0.0350 e. The van der Waals surface area contributed by atoms with Crippen molar-refractivity contribution in [3.8, 4) is 11.1 Å². The van der Waals surface area contributed by atoms with Crippen molar-refractivity contribution in [2.75, 3.05) is 0 Å².